The maximum absolute atomic E-state index is 14.4. The standard InChI is InChI=1S/C21H19F3N6/c1-11-19-20(29-28-11)13-9-17(30-7-5-12(22)6-8-30)25-10-16(13)26-21(27-19)18-14(23)3-2-4-15(18)24/h2-4,9-10,12H,5-8H2,1H3,(H,26,27)(H,28,29). The van der Waals surface area contributed by atoms with Crippen molar-refractivity contribution in [2.24, 2.45) is 4.99 Å². The quantitative estimate of drug-likeness (QED) is 0.650. The topological polar surface area (TPSA) is 69.2 Å². The first-order valence-electron chi connectivity index (χ1n) is 9.76. The monoisotopic (exact) mass is 412 g/mol. The number of amidine groups is 1. The number of pyridine rings is 1. The highest BCUT2D eigenvalue weighted by Gasteiger charge is 2.26. The largest absolute Gasteiger partial charge is 0.356 e. The first-order valence-corrected chi connectivity index (χ1v) is 9.76. The lowest BCUT2D eigenvalue weighted by molar-refractivity contribution is 0.277. The highest BCUT2D eigenvalue weighted by atomic mass is 19.1. The number of hydrogen-bond donors (Lipinski definition) is 2. The van der Waals surface area contributed by atoms with Gasteiger partial charge in [-0.3, -0.25) is 5.10 Å². The Kier molecular flexibility index (Phi) is 4.45. The summed E-state index contributed by atoms with van der Waals surface area (Å²) in [4.78, 5) is 11.0. The molecule has 1 saturated heterocycles. The average Bonchev–Trinajstić information content (AvgIpc) is 3.00. The van der Waals surface area contributed by atoms with Gasteiger partial charge < -0.3 is 10.2 Å². The van der Waals surface area contributed by atoms with E-state index < -0.39 is 17.8 Å². The van der Waals surface area contributed by atoms with Crippen LogP contribution in [0.2, 0.25) is 0 Å². The van der Waals surface area contributed by atoms with Crippen LogP contribution in [0.3, 0.4) is 0 Å². The van der Waals surface area contributed by atoms with Crippen LogP contribution in [0.15, 0.2) is 35.5 Å². The van der Waals surface area contributed by atoms with Gasteiger partial charge in [-0.25, -0.2) is 23.1 Å². The molecule has 9 heteroatoms. The van der Waals surface area contributed by atoms with Gasteiger partial charge in [0.15, 0.2) is 0 Å². The van der Waals surface area contributed by atoms with Crippen LogP contribution in [0.25, 0.3) is 11.3 Å². The minimum absolute atomic E-state index is 0.0443. The molecular weight excluding hydrogens is 393 g/mol. The summed E-state index contributed by atoms with van der Waals surface area (Å²) in [6.07, 6.45) is 1.74. The summed E-state index contributed by atoms with van der Waals surface area (Å²) >= 11 is 0. The van der Waals surface area contributed by atoms with Gasteiger partial charge >= 0.3 is 0 Å². The summed E-state index contributed by atoms with van der Waals surface area (Å²) in [6.45, 7) is 2.95. The first kappa shape index (κ1) is 18.7. The minimum atomic E-state index is -0.782. The Morgan fingerprint density at radius 3 is 2.60 bits per heavy atom. The molecule has 2 aromatic heterocycles. The molecule has 30 heavy (non-hydrogen) atoms. The second-order valence-electron chi connectivity index (χ2n) is 7.48. The van der Waals surface area contributed by atoms with Gasteiger partial charge in [0.2, 0.25) is 0 Å². The number of aromatic amines is 1. The molecule has 0 bridgehead atoms. The Morgan fingerprint density at radius 1 is 1.13 bits per heavy atom. The minimum Gasteiger partial charge on any atom is -0.356 e. The number of nitrogens with zero attached hydrogens (tertiary/aromatic N) is 4. The average molecular weight is 412 g/mol. The molecule has 5 rings (SSSR count). The number of fused-ring (bicyclic) bond motifs is 3. The highest BCUT2D eigenvalue weighted by Crippen LogP contribution is 2.40. The van der Waals surface area contributed by atoms with E-state index >= 15 is 0 Å². The molecule has 1 fully saturated rings. The molecule has 4 heterocycles. The zero-order valence-corrected chi connectivity index (χ0v) is 16.2. The summed E-state index contributed by atoms with van der Waals surface area (Å²) in [5.41, 5.74) is 2.73. The van der Waals surface area contributed by atoms with Gasteiger partial charge in [0.25, 0.3) is 0 Å². The molecule has 154 valence electrons. The number of benzene rings is 1. The second kappa shape index (κ2) is 7.16. The summed E-state index contributed by atoms with van der Waals surface area (Å²) in [7, 11) is 0. The molecule has 0 atom stereocenters. The van der Waals surface area contributed by atoms with Crippen LogP contribution >= 0.6 is 0 Å². The highest BCUT2D eigenvalue weighted by molar-refractivity contribution is 6.13. The summed E-state index contributed by atoms with van der Waals surface area (Å²) in [5, 5.41) is 10.3. The number of aryl methyl sites for hydroxylation is 1. The van der Waals surface area contributed by atoms with E-state index in [4.69, 9.17) is 0 Å². The number of rotatable bonds is 2. The van der Waals surface area contributed by atoms with E-state index in [1.165, 1.54) is 18.2 Å². The van der Waals surface area contributed by atoms with Crippen LogP contribution in [0.5, 0.6) is 0 Å². The molecule has 0 spiro atoms. The van der Waals surface area contributed by atoms with Crippen molar-refractivity contribution in [3.05, 3.63) is 53.4 Å². The molecule has 1 aromatic carbocycles. The third-order valence-electron chi connectivity index (χ3n) is 5.48. The van der Waals surface area contributed by atoms with Gasteiger partial charge in [-0.1, -0.05) is 6.07 Å². The van der Waals surface area contributed by atoms with Crippen LogP contribution in [0, 0.1) is 18.6 Å². The smallest absolute Gasteiger partial charge is 0.144 e. The van der Waals surface area contributed by atoms with Crippen LogP contribution in [0.1, 0.15) is 24.1 Å². The van der Waals surface area contributed by atoms with Crippen molar-refractivity contribution in [1.82, 2.24) is 15.2 Å². The molecule has 3 aromatic rings. The van der Waals surface area contributed by atoms with E-state index in [1.807, 2.05) is 11.0 Å². The van der Waals surface area contributed by atoms with Crippen molar-refractivity contribution in [2.75, 3.05) is 23.3 Å². The summed E-state index contributed by atoms with van der Waals surface area (Å²) in [5.74, 6) is -0.686. The van der Waals surface area contributed by atoms with E-state index in [1.54, 1.807) is 13.1 Å². The van der Waals surface area contributed by atoms with E-state index in [-0.39, 0.29) is 11.4 Å². The fourth-order valence-corrected chi connectivity index (χ4v) is 3.85. The van der Waals surface area contributed by atoms with E-state index in [0.29, 0.717) is 60.1 Å². The third-order valence-corrected chi connectivity index (χ3v) is 5.48. The molecule has 0 unspecified atom stereocenters. The lowest BCUT2D eigenvalue weighted by Gasteiger charge is -2.30. The molecule has 6 nitrogen and oxygen atoms in total. The van der Waals surface area contributed by atoms with Crippen molar-refractivity contribution in [1.29, 1.82) is 0 Å². The fourth-order valence-electron chi connectivity index (χ4n) is 3.85. The number of anilines is 2. The number of nitrogens with one attached hydrogen (secondary N) is 2. The van der Waals surface area contributed by atoms with Crippen LogP contribution in [-0.2, 0) is 0 Å². The lowest BCUT2D eigenvalue weighted by atomic mass is 10.1. The number of hydrogen-bond acceptors (Lipinski definition) is 5. The maximum atomic E-state index is 14.4. The number of H-pyrrole nitrogens is 1. The number of aromatic nitrogens is 3. The van der Waals surface area contributed by atoms with Crippen LogP contribution < -0.4 is 10.2 Å². The van der Waals surface area contributed by atoms with Gasteiger partial charge in [0, 0.05) is 18.7 Å². The summed E-state index contributed by atoms with van der Waals surface area (Å²) in [6, 6.07) is 5.54. The predicted octanol–water partition coefficient (Wildman–Crippen LogP) is 4.50. The van der Waals surface area contributed by atoms with Crippen molar-refractivity contribution < 1.29 is 13.2 Å². The van der Waals surface area contributed by atoms with Crippen LogP contribution in [-0.4, -0.2) is 40.3 Å². The molecule has 2 aliphatic rings. The third kappa shape index (κ3) is 3.10. The van der Waals surface area contributed by atoms with Gasteiger partial charge in [-0.15, -0.1) is 0 Å². The molecule has 0 amide bonds. The van der Waals surface area contributed by atoms with E-state index in [2.05, 4.69) is 25.5 Å². The number of piperidine rings is 1. The number of halogens is 3. The molecule has 0 aliphatic carbocycles. The van der Waals surface area contributed by atoms with Crippen LogP contribution in [0.4, 0.5) is 30.4 Å². The van der Waals surface area contributed by atoms with Gasteiger partial charge in [-0.2, -0.15) is 5.10 Å². The molecule has 0 saturated carbocycles. The molecule has 2 aliphatic heterocycles. The van der Waals surface area contributed by atoms with E-state index in [0.717, 1.165) is 0 Å². The molecule has 2 N–H and O–H groups in total. The van der Waals surface area contributed by atoms with Crippen molar-refractivity contribution in [3.8, 4) is 11.3 Å². The Morgan fingerprint density at radius 2 is 1.87 bits per heavy atom. The van der Waals surface area contributed by atoms with Gasteiger partial charge in [0.1, 0.15) is 40.8 Å². The van der Waals surface area contributed by atoms with Gasteiger partial charge in [-0.05, 0) is 38.0 Å². The second-order valence-corrected chi connectivity index (χ2v) is 7.48. The van der Waals surface area contributed by atoms with Crippen molar-refractivity contribution in [2.45, 2.75) is 25.9 Å². The normalized spacial score (nSPS) is 16.4. The summed E-state index contributed by atoms with van der Waals surface area (Å²) < 4.78 is 42.4. The van der Waals surface area contributed by atoms with Crippen molar-refractivity contribution >= 4 is 23.0 Å². The predicted molar refractivity (Wildman–Crippen MR) is 109 cm³/mol. The van der Waals surface area contributed by atoms with E-state index in [9.17, 15) is 13.2 Å². The van der Waals surface area contributed by atoms with Crippen molar-refractivity contribution in [3.63, 3.8) is 0 Å². The van der Waals surface area contributed by atoms with Gasteiger partial charge in [0.05, 0.1) is 23.1 Å². The Balaban J connectivity index is 1.62. The number of alkyl halides is 1. The molecular formula is C21H19F3N6. The zero-order chi connectivity index (χ0) is 20.8. The Hall–Kier alpha value is -3.36. The maximum Gasteiger partial charge on any atom is 0.144 e. The molecule has 0 radical (unpaired) electrons. The lowest BCUT2D eigenvalue weighted by Crippen LogP contribution is -2.34. The zero-order valence-electron chi connectivity index (χ0n) is 16.2. The Labute approximate surface area is 170 Å². The SMILES string of the molecule is Cc1[nH]nc2c1N=C(c1c(F)cccc1F)Nc1cnc(N3CCC(F)CC3)cc1-2. The first-order chi connectivity index (χ1) is 14.5. The Bertz CT molecular complexity index is 1130. The number of aliphatic imine (C=N–C) groups is 1. The fraction of sp³-hybridized carbons (Fsp3) is 0.286.